The topological polar surface area (TPSA) is 53.7 Å². The molecule has 0 atom stereocenters. The predicted molar refractivity (Wildman–Crippen MR) is 82.9 cm³/mol. The first-order chi connectivity index (χ1) is 9.99. The van der Waals surface area contributed by atoms with Crippen molar-refractivity contribution < 1.29 is 9.52 Å². The van der Waals surface area contributed by atoms with Crippen LogP contribution in [-0.4, -0.2) is 24.1 Å². The number of benzene rings is 1. The van der Waals surface area contributed by atoms with Gasteiger partial charge in [-0.15, -0.1) is 0 Å². The summed E-state index contributed by atoms with van der Waals surface area (Å²) in [4.78, 5) is 14.2. The molecule has 0 saturated carbocycles. The van der Waals surface area contributed by atoms with Crippen LogP contribution in [0.5, 0.6) is 5.75 Å². The maximum absolute atomic E-state index is 12.1. The van der Waals surface area contributed by atoms with E-state index in [1.54, 1.807) is 0 Å². The lowest BCUT2D eigenvalue weighted by molar-refractivity contribution is 0.384. The van der Waals surface area contributed by atoms with Crippen molar-refractivity contribution in [2.24, 2.45) is 0 Å². The average molecular weight is 287 g/mol. The summed E-state index contributed by atoms with van der Waals surface area (Å²) in [5, 5.41) is 11.3. The van der Waals surface area contributed by atoms with Gasteiger partial charge in [0.05, 0.1) is 0 Å². The van der Waals surface area contributed by atoms with Crippen LogP contribution in [0, 0.1) is 6.92 Å². The Morgan fingerprint density at radius 1 is 1.24 bits per heavy atom. The Bertz CT molecular complexity index is 759. The minimum atomic E-state index is -0.236. The third kappa shape index (κ3) is 2.33. The molecule has 0 radical (unpaired) electrons. The van der Waals surface area contributed by atoms with Crippen molar-refractivity contribution in [2.75, 3.05) is 14.1 Å². The van der Waals surface area contributed by atoms with E-state index >= 15 is 0 Å². The monoisotopic (exact) mass is 287 g/mol. The minimum absolute atomic E-state index is 0.232. The molecule has 21 heavy (non-hydrogen) atoms. The summed E-state index contributed by atoms with van der Waals surface area (Å²) in [6.07, 6.45) is 3.87. The number of rotatable bonds is 2. The Labute approximate surface area is 124 Å². The van der Waals surface area contributed by atoms with Crippen LogP contribution in [0.4, 0.5) is 0 Å². The molecule has 1 aliphatic rings. The highest BCUT2D eigenvalue weighted by Gasteiger charge is 2.21. The maximum Gasteiger partial charge on any atom is 0.339 e. The third-order valence-corrected chi connectivity index (χ3v) is 4.28. The fourth-order valence-corrected chi connectivity index (χ4v) is 3.26. The molecule has 4 heteroatoms. The molecular formula is C17H21NO3. The highest BCUT2D eigenvalue weighted by atomic mass is 16.4. The summed E-state index contributed by atoms with van der Waals surface area (Å²) >= 11 is 0. The number of aromatic hydroxyl groups is 1. The van der Waals surface area contributed by atoms with Gasteiger partial charge in [-0.05, 0) is 58.3 Å². The summed E-state index contributed by atoms with van der Waals surface area (Å²) in [6.45, 7) is 2.48. The van der Waals surface area contributed by atoms with Gasteiger partial charge >= 0.3 is 5.63 Å². The van der Waals surface area contributed by atoms with Crippen LogP contribution in [-0.2, 0) is 19.4 Å². The van der Waals surface area contributed by atoms with Crippen LogP contribution in [0.2, 0.25) is 0 Å². The van der Waals surface area contributed by atoms with Crippen molar-refractivity contribution in [1.29, 1.82) is 0 Å². The molecule has 1 aromatic carbocycles. The first-order valence-electron chi connectivity index (χ1n) is 7.43. The van der Waals surface area contributed by atoms with Crippen molar-refractivity contribution in [3.8, 4) is 5.75 Å². The van der Waals surface area contributed by atoms with E-state index in [4.69, 9.17) is 4.42 Å². The fraction of sp³-hybridized carbons (Fsp3) is 0.471. The van der Waals surface area contributed by atoms with Gasteiger partial charge in [0.1, 0.15) is 11.3 Å². The molecule has 1 heterocycles. The molecule has 1 N–H and O–H groups in total. The molecular weight excluding hydrogens is 266 g/mol. The summed E-state index contributed by atoms with van der Waals surface area (Å²) in [7, 11) is 3.94. The van der Waals surface area contributed by atoms with Gasteiger partial charge in [-0.25, -0.2) is 4.79 Å². The van der Waals surface area contributed by atoms with Gasteiger partial charge in [0.25, 0.3) is 0 Å². The molecule has 0 saturated heterocycles. The van der Waals surface area contributed by atoms with Crippen molar-refractivity contribution in [1.82, 2.24) is 4.90 Å². The van der Waals surface area contributed by atoms with Gasteiger partial charge in [0.2, 0.25) is 0 Å². The Kier molecular flexibility index (Phi) is 3.49. The Hall–Kier alpha value is -1.81. The SMILES string of the molecule is Cc1c(O)c(CN(C)C)cc2c3c(c(=O)oc12)CCCC3. The predicted octanol–water partition coefficient (Wildman–Crippen LogP) is 2.75. The molecule has 0 unspecified atom stereocenters. The summed E-state index contributed by atoms with van der Waals surface area (Å²) in [6, 6.07) is 1.99. The Balaban J connectivity index is 2.34. The van der Waals surface area contributed by atoms with E-state index in [1.165, 1.54) is 0 Å². The first kappa shape index (κ1) is 14.1. The second-order valence-corrected chi connectivity index (χ2v) is 6.18. The van der Waals surface area contributed by atoms with Crippen LogP contribution in [0.3, 0.4) is 0 Å². The van der Waals surface area contributed by atoms with Crippen LogP contribution in [0.25, 0.3) is 11.0 Å². The zero-order valence-electron chi connectivity index (χ0n) is 12.8. The lowest BCUT2D eigenvalue weighted by Gasteiger charge is -2.19. The normalized spacial score (nSPS) is 14.7. The van der Waals surface area contributed by atoms with E-state index in [2.05, 4.69) is 0 Å². The van der Waals surface area contributed by atoms with Gasteiger partial charge in [-0.3, -0.25) is 0 Å². The highest BCUT2D eigenvalue weighted by molar-refractivity contribution is 5.87. The second-order valence-electron chi connectivity index (χ2n) is 6.18. The van der Waals surface area contributed by atoms with Crippen LogP contribution in [0.1, 0.15) is 35.1 Å². The van der Waals surface area contributed by atoms with Gasteiger partial charge in [0, 0.05) is 28.6 Å². The second kappa shape index (κ2) is 5.19. The van der Waals surface area contributed by atoms with Gasteiger partial charge in [-0.2, -0.15) is 0 Å². The van der Waals surface area contributed by atoms with Gasteiger partial charge in [-0.1, -0.05) is 0 Å². The van der Waals surface area contributed by atoms with Crippen LogP contribution < -0.4 is 5.63 Å². The van der Waals surface area contributed by atoms with Crippen LogP contribution in [0.15, 0.2) is 15.3 Å². The number of phenolic OH excluding ortho intramolecular Hbond substituents is 1. The van der Waals surface area contributed by atoms with Crippen molar-refractivity contribution >= 4 is 11.0 Å². The molecule has 0 spiro atoms. The molecule has 1 aromatic heterocycles. The zero-order valence-corrected chi connectivity index (χ0v) is 12.8. The van der Waals surface area contributed by atoms with E-state index in [-0.39, 0.29) is 11.4 Å². The third-order valence-electron chi connectivity index (χ3n) is 4.28. The molecule has 1 aliphatic carbocycles. The number of aryl methyl sites for hydroxylation is 2. The maximum atomic E-state index is 12.1. The number of phenols is 1. The molecule has 0 amide bonds. The molecule has 0 aliphatic heterocycles. The summed E-state index contributed by atoms with van der Waals surface area (Å²) < 4.78 is 5.50. The van der Waals surface area contributed by atoms with Gasteiger partial charge in [0.15, 0.2) is 0 Å². The van der Waals surface area contributed by atoms with Crippen molar-refractivity contribution in [2.45, 2.75) is 39.2 Å². The molecule has 0 fully saturated rings. The average Bonchev–Trinajstić information content (AvgIpc) is 2.46. The van der Waals surface area contributed by atoms with Crippen molar-refractivity contribution in [3.05, 3.63) is 38.7 Å². The summed E-state index contributed by atoms with van der Waals surface area (Å²) in [5.74, 6) is 0.232. The smallest absolute Gasteiger partial charge is 0.339 e. The van der Waals surface area contributed by atoms with E-state index in [9.17, 15) is 9.90 Å². The molecule has 3 rings (SSSR count). The Morgan fingerprint density at radius 3 is 2.57 bits per heavy atom. The van der Waals surface area contributed by atoms with E-state index < -0.39 is 0 Å². The number of fused-ring (bicyclic) bond motifs is 3. The van der Waals surface area contributed by atoms with Crippen molar-refractivity contribution in [3.63, 3.8) is 0 Å². The molecule has 0 bridgehead atoms. The van der Waals surface area contributed by atoms with Crippen LogP contribution >= 0.6 is 0 Å². The van der Waals surface area contributed by atoms with Gasteiger partial charge < -0.3 is 14.4 Å². The molecule has 2 aromatic rings. The highest BCUT2D eigenvalue weighted by Crippen LogP contribution is 2.35. The first-order valence-corrected chi connectivity index (χ1v) is 7.43. The quantitative estimate of drug-likeness (QED) is 0.863. The van der Waals surface area contributed by atoms with E-state index in [0.717, 1.165) is 47.8 Å². The number of nitrogens with zero attached hydrogens (tertiary/aromatic N) is 1. The summed E-state index contributed by atoms with van der Waals surface area (Å²) in [5.41, 5.74) is 3.80. The molecule has 4 nitrogen and oxygen atoms in total. The van der Waals surface area contributed by atoms with E-state index in [0.29, 0.717) is 17.7 Å². The standard InChI is InChI=1S/C17H21NO3/c1-10-15(19)11(9-18(2)3)8-14-12-6-4-5-7-13(12)17(20)21-16(10)14/h8,19H,4-7,9H2,1-3H3. The minimum Gasteiger partial charge on any atom is -0.507 e. The number of hydrogen-bond donors (Lipinski definition) is 1. The lowest BCUT2D eigenvalue weighted by Crippen LogP contribution is -2.17. The largest absolute Gasteiger partial charge is 0.507 e. The fourth-order valence-electron chi connectivity index (χ4n) is 3.26. The number of hydrogen-bond acceptors (Lipinski definition) is 4. The molecule has 112 valence electrons. The zero-order chi connectivity index (χ0) is 15.1. The Morgan fingerprint density at radius 2 is 1.90 bits per heavy atom. The van der Waals surface area contributed by atoms with E-state index in [1.807, 2.05) is 32.0 Å². The lowest BCUT2D eigenvalue weighted by atomic mass is 9.89.